The molecule has 0 aliphatic rings. The van der Waals surface area contributed by atoms with Crippen LogP contribution in [-0.2, 0) is 0 Å². The predicted molar refractivity (Wildman–Crippen MR) is 105 cm³/mol. The van der Waals surface area contributed by atoms with Gasteiger partial charge in [-0.15, -0.1) is 0 Å². The Hall–Kier alpha value is -2.04. The van der Waals surface area contributed by atoms with E-state index in [0.29, 0.717) is 0 Å². The molecule has 0 saturated heterocycles. The minimum absolute atomic E-state index is 0.731. The molecule has 4 heteroatoms. The second-order valence-corrected chi connectivity index (χ2v) is 10.0. The number of halogens is 1. The van der Waals surface area contributed by atoms with Gasteiger partial charge >= 0.3 is 8.32 Å². The second kappa shape index (κ2) is 7.24. The van der Waals surface area contributed by atoms with Crippen LogP contribution in [0.15, 0.2) is 83.3 Å². The summed E-state index contributed by atoms with van der Waals surface area (Å²) in [5.74, 6) is 1.50. The number of hydrogen-bond acceptors (Lipinski definition) is 2. The first-order valence-corrected chi connectivity index (χ1v) is 11.0. The molecule has 2 nitrogen and oxygen atoms in total. The summed E-state index contributed by atoms with van der Waals surface area (Å²) in [6, 6.07) is 26.7. The van der Waals surface area contributed by atoms with E-state index in [4.69, 9.17) is 9.16 Å². The summed E-state index contributed by atoms with van der Waals surface area (Å²) in [5.41, 5.74) is 0. The minimum Gasteiger partial charge on any atom is -0.532 e. The molecule has 0 amide bonds. The Bertz CT molecular complexity index is 767. The van der Waals surface area contributed by atoms with Crippen molar-refractivity contribution in [2.24, 2.45) is 0 Å². The maximum atomic E-state index is 6.64. The molecule has 0 saturated carbocycles. The van der Waals surface area contributed by atoms with Crippen LogP contribution in [0.25, 0.3) is 0 Å². The summed E-state index contributed by atoms with van der Waals surface area (Å²) in [6.07, 6.45) is 0. The monoisotopic (exact) mass is 398 g/mol. The molecule has 0 atom stereocenters. The van der Waals surface area contributed by atoms with E-state index < -0.39 is 8.32 Å². The molecule has 0 unspecified atom stereocenters. The largest absolute Gasteiger partial charge is 0.532 e. The van der Waals surface area contributed by atoms with Gasteiger partial charge in [0.05, 0.1) is 7.11 Å². The molecule has 0 aliphatic carbocycles. The summed E-state index contributed by atoms with van der Waals surface area (Å²) >= 11 is 3.48. The van der Waals surface area contributed by atoms with Crippen LogP contribution >= 0.6 is 15.9 Å². The van der Waals surface area contributed by atoms with Gasteiger partial charge in [-0.2, -0.15) is 0 Å². The van der Waals surface area contributed by atoms with Crippen molar-refractivity contribution in [3.8, 4) is 11.5 Å². The normalized spacial score (nSPS) is 11.1. The van der Waals surface area contributed by atoms with Crippen molar-refractivity contribution in [2.45, 2.75) is 6.55 Å². The van der Waals surface area contributed by atoms with E-state index in [1.165, 1.54) is 10.4 Å². The predicted octanol–water partition coefficient (Wildman–Crippen LogP) is 4.23. The van der Waals surface area contributed by atoms with Gasteiger partial charge in [0, 0.05) is 4.47 Å². The molecule has 0 heterocycles. The molecule has 0 bridgehead atoms. The number of rotatable bonds is 5. The van der Waals surface area contributed by atoms with Gasteiger partial charge in [-0.25, -0.2) is 0 Å². The van der Waals surface area contributed by atoms with Crippen LogP contribution in [0.3, 0.4) is 0 Å². The Morgan fingerprint density at radius 3 is 1.79 bits per heavy atom. The van der Waals surface area contributed by atoms with Crippen molar-refractivity contribution >= 4 is 34.6 Å². The van der Waals surface area contributed by atoms with Crippen LogP contribution < -0.4 is 19.5 Å². The third-order valence-electron chi connectivity index (χ3n) is 4.09. The summed E-state index contributed by atoms with van der Waals surface area (Å²) in [4.78, 5) is 0. The fraction of sp³-hybridized carbons (Fsp3) is 0.100. The van der Waals surface area contributed by atoms with Gasteiger partial charge in [-0.1, -0.05) is 76.6 Å². The van der Waals surface area contributed by atoms with Crippen LogP contribution in [0.4, 0.5) is 0 Å². The molecule has 3 aromatic rings. The standard InChI is InChI=1S/C20H19BrO2Si/c1-22-20-15-16(21)13-14-19(20)23-24(2,17-9-5-3-6-10-17)18-11-7-4-8-12-18/h3-15H,1-2H3. The quantitative estimate of drug-likeness (QED) is 0.598. The third kappa shape index (κ3) is 3.40. The first-order chi connectivity index (χ1) is 11.6. The van der Waals surface area contributed by atoms with Crippen molar-refractivity contribution in [1.29, 1.82) is 0 Å². The van der Waals surface area contributed by atoms with E-state index in [-0.39, 0.29) is 0 Å². The zero-order valence-corrected chi connectivity index (χ0v) is 16.3. The minimum atomic E-state index is -2.40. The summed E-state index contributed by atoms with van der Waals surface area (Å²) in [7, 11) is -0.738. The van der Waals surface area contributed by atoms with E-state index >= 15 is 0 Å². The molecule has 24 heavy (non-hydrogen) atoms. The number of ether oxygens (including phenoxy) is 1. The third-order valence-corrected chi connectivity index (χ3v) is 8.08. The zero-order chi connectivity index (χ0) is 17.0. The highest BCUT2D eigenvalue weighted by Crippen LogP contribution is 2.32. The van der Waals surface area contributed by atoms with Gasteiger partial charge in [0.1, 0.15) is 5.75 Å². The van der Waals surface area contributed by atoms with Crippen molar-refractivity contribution in [3.05, 3.63) is 83.3 Å². The van der Waals surface area contributed by atoms with Gasteiger partial charge < -0.3 is 9.16 Å². The first-order valence-electron chi connectivity index (χ1n) is 7.77. The van der Waals surface area contributed by atoms with Crippen LogP contribution in [0.5, 0.6) is 11.5 Å². The maximum Gasteiger partial charge on any atom is 0.311 e. The van der Waals surface area contributed by atoms with Gasteiger partial charge in [0.15, 0.2) is 5.75 Å². The van der Waals surface area contributed by atoms with Crippen molar-refractivity contribution in [2.75, 3.05) is 7.11 Å². The van der Waals surface area contributed by atoms with Crippen molar-refractivity contribution < 1.29 is 9.16 Å². The lowest BCUT2D eigenvalue weighted by Crippen LogP contribution is -2.60. The summed E-state index contributed by atoms with van der Waals surface area (Å²) in [6.45, 7) is 2.22. The topological polar surface area (TPSA) is 18.5 Å². The first kappa shape index (κ1) is 16.8. The molecule has 0 aliphatic heterocycles. The smallest absolute Gasteiger partial charge is 0.311 e. The molecule has 3 aromatic carbocycles. The van der Waals surface area contributed by atoms with E-state index in [1.54, 1.807) is 7.11 Å². The number of methoxy groups -OCH3 is 1. The van der Waals surface area contributed by atoms with Crippen molar-refractivity contribution in [1.82, 2.24) is 0 Å². The molecule has 0 N–H and O–H groups in total. The summed E-state index contributed by atoms with van der Waals surface area (Å²) < 4.78 is 13.1. The Kier molecular flexibility index (Phi) is 5.07. The summed E-state index contributed by atoms with van der Waals surface area (Å²) in [5, 5.41) is 2.45. The van der Waals surface area contributed by atoms with Crippen LogP contribution in [0.2, 0.25) is 6.55 Å². The lowest BCUT2D eigenvalue weighted by Gasteiger charge is -2.30. The van der Waals surface area contributed by atoms with Gasteiger partial charge in [0.2, 0.25) is 0 Å². The molecule has 3 rings (SSSR count). The van der Waals surface area contributed by atoms with Crippen LogP contribution in [0.1, 0.15) is 0 Å². The van der Waals surface area contributed by atoms with E-state index in [1.807, 2.05) is 30.3 Å². The molecule has 0 aromatic heterocycles. The zero-order valence-electron chi connectivity index (χ0n) is 13.7. The second-order valence-electron chi connectivity index (χ2n) is 5.66. The number of hydrogen-bond donors (Lipinski definition) is 0. The fourth-order valence-corrected chi connectivity index (χ4v) is 5.92. The molecular weight excluding hydrogens is 380 g/mol. The van der Waals surface area contributed by atoms with E-state index in [2.05, 4.69) is 71.0 Å². The lowest BCUT2D eigenvalue weighted by atomic mass is 10.3. The highest BCUT2D eigenvalue weighted by molar-refractivity contribution is 9.10. The van der Waals surface area contributed by atoms with Gasteiger partial charge in [-0.3, -0.25) is 0 Å². The fourth-order valence-electron chi connectivity index (χ4n) is 2.74. The highest BCUT2D eigenvalue weighted by Gasteiger charge is 2.36. The average molecular weight is 399 g/mol. The Labute approximate surface area is 152 Å². The molecule has 0 radical (unpaired) electrons. The van der Waals surface area contributed by atoms with Crippen LogP contribution in [0, 0.1) is 0 Å². The molecule has 122 valence electrons. The van der Waals surface area contributed by atoms with Crippen molar-refractivity contribution in [3.63, 3.8) is 0 Å². The lowest BCUT2D eigenvalue weighted by molar-refractivity contribution is 0.393. The maximum absolute atomic E-state index is 6.64. The van der Waals surface area contributed by atoms with E-state index in [9.17, 15) is 0 Å². The Morgan fingerprint density at radius 2 is 1.29 bits per heavy atom. The Balaban J connectivity index is 2.10. The van der Waals surface area contributed by atoms with E-state index in [0.717, 1.165) is 16.0 Å². The van der Waals surface area contributed by atoms with Gasteiger partial charge in [0.25, 0.3) is 0 Å². The Morgan fingerprint density at radius 1 is 0.750 bits per heavy atom. The average Bonchev–Trinajstić information content (AvgIpc) is 2.64. The molecular formula is C20H19BrO2Si. The van der Waals surface area contributed by atoms with Crippen LogP contribution in [-0.4, -0.2) is 15.4 Å². The van der Waals surface area contributed by atoms with Gasteiger partial charge in [-0.05, 0) is 35.1 Å². The SMILES string of the molecule is COc1cc(Br)ccc1O[Si](C)(c1ccccc1)c1ccccc1. The number of benzene rings is 3. The molecule has 0 spiro atoms. The highest BCUT2D eigenvalue weighted by atomic mass is 79.9. The molecule has 0 fully saturated rings.